The number of aliphatic hydroxyl groups excluding tert-OH is 9. The highest BCUT2D eigenvalue weighted by Crippen LogP contribution is 2.42. The molecule has 3 aliphatic rings. The highest BCUT2D eigenvalue weighted by molar-refractivity contribution is 6.31. The molecule has 1 aromatic rings. The van der Waals surface area contributed by atoms with Crippen LogP contribution >= 0.6 is 0 Å². The zero-order valence-corrected chi connectivity index (χ0v) is 21.7. The van der Waals surface area contributed by atoms with E-state index in [2.05, 4.69) is 5.32 Å². The minimum absolute atomic E-state index is 0.0525. The maximum Gasteiger partial charge on any atom is 0.209 e. The third kappa shape index (κ3) is 5.22. The van der Waals surface area contributed by atoms with Crippen LogP contribution in [0.4, 0.5) is 0 Å². The van der Waals surface area contributed by atoms with Crippen LogP contribution in [0.2, 0.25) is 0 Å². The van der Waals surface area contributed by atoms with Gasteiger partial charge in [0, 0.05) is 5.57 Å². The number of benzene rings is 1. The fraction of sp³-hybridized carbons (Fsp3) is 0.407. The first-order valence-corrected chi connectivity index (χ1v) is 12.7. The van der Waals surface area contributed by atoms with E-state index in [4.69, 9.17) is 4.74 Å². The number of rotatable bonds is 6. The predicted molar refractivity (Wildman–Crippen MR) is 139 cm³/mol. The zero-order chi connectivity index (χ0) is 31.1. The van der Waals surface area contributed by atoms with Crippen molar-refractivity contribution in [1.29, 1.82) is 0 Å². The van der Waals surface area contributed by atoms with Gasteiger partial charge in [0.2, 0.25) is 5.78 Å². The SMILES string of the molecule is O=C1C=C(C(O)=C2N[C@H](CO)[C@@H](O)[C@@H]2O)[C@@](O)([C@@H]2O[C@H](CO)[C@@H](O)[C@H](O)[C@H]2O)C(=O)C1=C(O)C=Cc1ccc(O)cc1. The van der Waals surface area contributed by atoms with Crippen molar-refractivity contribution in [2.75, 3.05) is 13.2 Å². The summed E-state index contributed by atoms with van der Waals surface area (Å²) >= 11 is 0. The van der Waals surface area contributed by atoms with Crippen molar-refractivity contribution < 1.29 is 70.5 Å². The molecule has 9 atom stereocenters. The molecule has 2 saturated heterocycles. The lowest BCUT2D eigenvalue weighted by atomic mass is 9.70. The predicted octanol–water partition coefficient (Wildman–Crippen LogP) is -3.68. The molecule has 0 aromatic heterocycles. The first-order chi connectivity index (χ1) is 19.8. The number of aromatic hydroxyl groups is 1. The number of hydrogen-bond donors (Lipinski definition) is 12. The minimum atomic E-state index is -3.32. The Bertz CT molecular complexity index is 1350. The lowest BCUT2D eigenvalue weighted by Gasteiger charge is -2.47. The van der Waals surface area contributed by atoms with Gasteiger partial charge in [0.15, 0.2) is 11.4 Å². The van der Waals surface area contributed by atoms with E-state index in [0.717, 1.165) is 6.08 Å². The number of nitrogens with one attached hydrogen (secondary N) is 1. The van der Waals surface area contributed by atoms with Gasteiger partial charge in [-0.2, -0.15) is 0 Å². The average Bonchev–Trinajstić information content (AvgIpc) is 3.26. The molecule has 0 bridgehead atoms. The summed E-state index contributed by atoms with van der Waals surface area (Å²) in [6, 6.07) is 4.32. The number of ether oxygens (including phenoxy) is 1. The molecule has 1 aliphatic carbocycles. The van der Waals surface area contributed by atoms with E-state index in [1.54, 1.807) is 0 Å². The van der Waals surface area contributed by atoms with Crippen LogP contribution in [0.5, 0.6) is 5.75 Å². The average molecular weight is 594 g/mol. The Hall–Kier alpha value is -3.64. The summed E-state index contributed by atoms with van der Waals surface area (Å²) in [5.41, 5.74) is -5.57. The van der Waals surface area contributed by atoms with Crippen molar-refractivity contribution in [2.24, 2.45) is 0 Å². The number of aliphatic hydroxyl groups is 10. The fourth-order valence-corrected chi connectivity index (χ4v) is 5.07. The number of carbonyl (C=O) groups excluding carboxylic acids is 2. The number of carbonyl (C=O) groups is 2. The highest BCUT2D eigenvalue weighted by Gasteiger charge is 2.61. The van der Waals surface area contributed by atoms with Crippen LogP contribution in [0, 0.1) is 0 Å². The van der Waals surface area contributed by atoms with Crippen molar-refractivity contribution in [3.8, 4) is 5.75 Å². The topological polar surface area (TPSA) is 278 Å². The van der Waals surface area contributed by atoms with E-state index in [0.29, 0.717) is 11.6 Å². The van der Waals surface area contributed by atoms with Gasteiger partial charge in [-0.25, -0.2) is 0 Å². The van der Waals surface area contributed by atoms with Crippen LogP contribution in [0.15, 0.2) is 64.8 Å². The quantitative estimate of drug-likeness (QED) is 0.0860. The lowest BCUT2D eigenvalue weighted by Crippen LogP contribution is -2.69. The van der Waals surface area contributed by atoms with E-state index in [1.165, 1.54) is 30.3 Å². The highest BCUT2D eigenvalue weighted by atomic mass is 16.6. The molecule has 12 N–H and O–H groups in total. The maximum absolute atomic E-state index is 13.9. The van der Waals surface area contributed by atoms with Gasteiger partial charge in [0.05, 0.1) is 25.0 Å². The number of phenolic OH excluding ortho intramolecular Hbond substituents is 1. The fourth-order valence-electron chi connectivity index (χ4n) is 5.07. The molecule has 2 aliphatic heterocycles. The number of Topliss-reactive ketones (excluding diaryl/α,β-unsaturated/α-hetero) is 1. The molecule has 228 valence electrons. The van der Waals surface area contributed by atoms with Crippen molar-refractivity contribution in [3.05, 3.63) is 70.3 Å². The molecule has 0 saturated carbocycles. The Labute approximate surface area is 237 Å². The van der Waals surface area contributed by atoms with Gasteiger partial charge >= 0.3 is 0 Å². The normalized spacial score (nSPS) is 38.0. The van der Waals surface area contributed by atoms with Crippen LogP contribution in [-0.2, 0) is 14.3 Å². The molecule has 0 radical (unpaired) electrons. The van der Waals surface area contributed by atoms with Crippen molar-refractivity contribution in [1.82, 2.24) is 5.32 Å². The first kappa shape index (κ1) is 31.3. The molecule has 15 nitrogen and oxygen atoms in total. The van der Waals surface area contributed by atoms with Gasteiger partial charge in [-0.1, -0.05) is 18.2 Å². The van der Waals surface area contributed by atoms with Crippen LogP contribution in [0.3, 0.4) is 0 Å². The monoisotopic (exact) mass is 593 g/mol. The van der Waals surface area contributed by atoms with E-state index in [1.807, 2.05) is 0 Å². The van der Waals surface area contributed by atoms with E-state index < -0.39 is 108 Å². The summed E-state index contributed by atoms with van der Waals surface area (Å²) in [5.74, 6) is -5.09. The van der Waals surface area contributed by atoms with Gasteiger partial charge in [-0.15, -0.1) is 0 Å². The second-order valence-electron chi connectivity index (χ2n) is 10.1. The molecule has 15 heteroatoms. The molecular formula is C27H31NO14. The Morgan fingerprint density at radius 3 is 2.14 bits per heavy atom. The van der Waals surface area contributed by atoms with Crippen LogP contribution < -0.4 is 5.32 Å². The number of allylic oxidation sites excluding steroid dienone is 2. The summed E-state index contributed by atoms with van der Waals surface area (Å²) in [4.78, 5) is 27.0. The third-order valence-corrected chi connectivity index (χ3v) is 7.47. The maximum atomic E-state index is 13.9. The van der Waals surface area contributed by atoms with Gasteiger partial charge in [-0.05, 0) is 29.8 Å². The van der Waals surface area contributed by atoms with E-state index in [-0.39, 0.29) is 5.75 Å². The summed E-state index contributed by atoms with van der Waals surface area (Å²) in [7, 11) is 0. The first-order valence-electron chi connectivity index (χ1n) is 12.7. The number of hydrogen-bond acceptors (Lipinski definition) is 15. The number of ketones is 2. The summed E-state index contributed by atoms with van der Waals surface area (Å²) in [6.45, 7) is -1.69. The smallest absolute Gasteiger partial charge is 0.209 e. The largest absolute Gasteiger partial charge is 0.508 e. The molecule has 2 heterocycles. The van der Waals surface area contributed by atoms with Gasteiger partial charge in [0.25, 0.3) is 0 Å². The van der Waals surface area contributed by atoms with Crippen molar-refractivity contribution in [3.63, 3.8) is 0 Å². The molecule has 0 amide bonds. The Morgan fingerprint density at radius 1 is 0.929 bits per heavy atom. The van der Waals surface area contributed by atoms with Gasteiger partial charge < -0.3 is 66.2 Å². The number of phenols is 1. The second-order valence-corrected chi connectivity index (χ2v) is 10.1. The lowest BCUT2D eigenvalue weighted by molar-refractivity contribution is -0.259. The summed E-state index contributed by atoms with van der Waals surface area (Å²) in [6.07, 6.45) is -11.2. The molecule has 0 unspecified atom stereocenters. The molecule has 2 fully saturated rings. The summed E-state index contributed by atoms with van der Waals surface area (Å²) < 4.78 is 5.40. The minimum Gasteiger partial charge on any atom is -0.508 e. The van der Waals surface area contributed by atoms with Crippen LogP contribution in [-0.4, -0.2) is 135 Å². The van der Waals surface area contributed by atoms with E-state index in [9.17, 15) is 65.8 Å². The van der Waals surface area contributed by atoms with Gasteiger partial charge in [-0.3, -0.25) is 9.59 Å². The third-order valence-electron chi connectivity index (χ3n) is 7.47. The Balaban J connectivity index is 1.89. The van der Waals surface area contributed by atoms with Crippen molar-refractivity contribution >= 4 is 17.6 Å². The molecule has 0 spiro atoms. The van der Waals surface area contributed by atoms with E-state index >= 15 is 0 Å². The molecule has 42 heavy (non-hydrogen) atoms. The molecule has 4 rings (SSSR count). The Kier molecular flexibility index (Phi) is 8.89. The van der Waals surface area contributed by atoms with Gasteiger partial charge in [0.1, 0.15) is 65.6 Å². The second kappa shape index (κ2) is 11.9. The molecular weight excluding hydrogens is 562 g/mol. The standard InChI is InChI=1S/C27H31NO14/c29-8-13-20(35)22(37)18(28-13)19(34)12-7-15(33)17(14(32)6-3-10-1-4-11(31)5-2-10)25(40)27(12,41)26-24(39)23(38)21(36)16(9-30)42-26/h1-7,13,16,20-24,26,28-32,34-39,41H,8-9H2/t13-,16-,20-,21-,22-,23+,24-,26-,27+/m1/s1. The molecule has 1 aromatic carbocycles. The van der Waals surface area contributed by atoms with Crippen molar-refractivity contribution in [2.45, 2.75) is 54.4 Å². The zero-order valence-electron chi connectivity index (χ0n) is 21.7. The van der Waals surface area contributed by atoms with Crippen LogP contribution in [0.25, 0.3) is 6.08 Å². The van der Waals surface area contributed by atoms with Crippen LogP contribution in [0.1, 0.15) is 5.56 Å². The Morgan fingerprint density at radius 2 is 1.57 bits per heavy atom. The summed E-state index contributed by atoms with van der Waals surface area (Å²) in [5, 5.41) is 117.